The Balaban J connectivity index is 1.34. The molecule has 2 amide bonds. The van der Waals surface area contributed by atoms with E-state index in [1.54, 1.807) is 36.5 Å². The van der Waals surface area contributed by atoms with Crippen molar-refractivity contribution in [2.75, 3.05) is 64.2 Å². The summed E-state index contributed by atoms with van der Waals surface area (Å²) in [5.41, 5.74) is 2.91. The second-order valence-corrected chi connectivity index (χ2v) is 11.9. The zero-order chi connectivity index (χ0) is 35.3. The number of nitrogens with zero attached hydrogens (tertiary/aromatic N) is 4. The van der Waals surface area contributed by atoms with Crippen molar-refractivity contribution in [3.05, 3.63) is 89.4 Å². The first-order valence-electron chi connectivity index (χ1n) is 16.0. The summed E-state index contributed by atoms with van der Waals surface area (Å²) in [6.45, 7) is 3.20. The first-order valence-corrected chi connectivity index (χ1v) is 16.4. The summed E-state index contributed by atoms with van der Waals surface area (Å²) in [6.07, 6.45) is 5.90. The van der Waals surface area contributed by atoms with Crippen LogP contribution in [0.5, 0.6) is 11.5 Å². The minimum atomic E-state index is -0.554. The number of rotatable bonds is 16. The molecular formula is C36H38ClN7O6. The van der Waals surface area contributed by atoms with E-state index >= 15 is 0 Å². The van der Waals surface area contributed by atoms with Crippen molar-refractivity contribution in [1.82, 2.24) is 20.2 Å². The number of benzene rings is 2. The number of anilines is 3. The molecule has 2 aromatic carbocycles. The average Bonchev–Trinajstić information content (AvgIpc) is 3.62. The largest absolute Gasteiger partial charge is 0.486 e. The summed E-state index contributed by atoms with van der Waals surface area (Å²) in [5, 5.41) is 19.7. The van der Waals surface area contributed by atoms with Gasteiger partial charge in [-0.25, -0.2) is 0 Å². The highest BCUT2D eigenvalue weighted by molar-refractivity contribution is 6.32. The molecule has 50 heavy (non-hydrogen) atoms. The van der Waals surface area contributed by atoms with Crippen LogP contribution in [-0.4, -0.2) is 86.4 Å². The van der Waals surface area contributed by atoms with Crippen LogP contribution in [0.1, 0.15) is 17.7 Å². The molecule has 0 bridgehead atoms. The molecule has 1 unspecified atom stereocenters. The molecular weight excluding hydrogens is 662 g/mol. The lowest BCUT2D eigenvalue weighted by Crippen LogP contribution is -2.27. The number of pyridine rings is 2. The molecule has 1 atom stereocenters. The van der Waals surface area contributed by atoms with Gasteiger partial charge in [0.2, 0.25) is 11.8 Å². The highest BCUT2D eigenvalue weighted by Gasteiger charge is 2.21. The Bertz CT molecular complexity index is 1860. The number of likely N-dealkylation sites (N-methyl/N-ethyl adjacent to an activating group) is 1. The predicted molar refractivity (Wildman–Crippen MR) is 190 cm³/mol. The van der Waals surface area contributed by atoms with Crippen molar-refractivity contribution in [3.8, 4) is 17.6 Å². The number of hydrogen-bond donors (Lipinski definition) is 3. The Morgan fingerprint density at radius 3 is 2.70 bits per heavy atom. The summed E-state index contributed by atoms with van der Waals surface area (Å²) in [5.74, 6) is -0.146. The van der Waals surface area contributed by atoms with Crippen LogP contribution in [0, 0.1) is 11.3 Å². The van der Waals surface area contributed by atoms with Gasteiger partial charge in [-0.1, -0.05) is 17.7 Å². The normalized spacial score (nSPS) is 14.1. The standard InChI is InChI=1S/C36H38ClN7O6/c1-44(2)13-16-47-15-12-40-34(45)8-9-35(46)43-31-18-28-30(19-33(31)50-27-10-14-48-23-27)41-21-24(20-38)36(28)42-25-6-7-32(29(37)17-25)49-22-26-5-3-4-11-39-26/h3-9,11,17-19,21,27H,10,12-16,22-23H2,1-2H3,(H,40,45)(H,41,42)(H,43,46). The van der Waals surface area contributed by atoms with E-state index in [2.05, 4.69) is 32.0 Å². The predicted octanol–water partition coefficient (Wildman–Crippen LogP) is 4.83. The van der Waals surface area contributed by atoms with Crippen LogP contribution in [0.4, 0.5) is 17.1 Å². The summed E-state index contributed by atoms with van der Waals surface area (Å²) >= 11 is 6.57. The molecule has 13 nitrogen and oxygen atoms in total. The molecule has 1 aliphatic rings. The van der Waals surface area contributed by atoms with E-state index in [1.807, 2.05) is 37.2 Å². The van der Waals surface area contributed by atoms with Gasteiger partial charge in [-0.2, -0.15) is 5.26 Å². The van der Waals surface area contributed by atoms with E-state index in [4.69, 9.17) is 30.5 Å². The third kappa shape index (κ3) is 10.4. The van der Waals surface area contributed by atoms with Gasteiger partial charge in [0.15, 0.2) is 0 Å². The summed E-state index contributed by atoms with van der Waals surface area (Å²) in [4.78, 5) is 36.1. The zero-order valence-electron chi connectivity index (χ0n) is 27.8. The summed E-state index contributed by atoms with van der Waals surface area (Å²) in [7, 11) is 3.90. The van der Waals surface area contributed by atoms with E-state index in [0.29, 0.717) is 83.9 Å². The van der Waals surface area contributed by atoms with E-state index in [1.165, 1.54) is 6.20 Å². The number of hydrogen-bond acceptors (Lipinski definition) is 11. The van der Waals surface area contributed by atoms with Crippen LogP contribution in [0.3, 0.4) is 0 Å². The van der Waals surface area contributed by atoms with Crippen molar-refractivity contribution < 1.29 is 28.5 Å². The number of nitriles is 1. The van der Waals surface area contributed by atoms with Gasteiger partial charge in [0.1, 0.15) is 30.3 Å². The fraction of sp³-hybridized carbons (Fsp3) is 0.306. The highest BCUT2D eigenvalue weighted by atomic mass is 35.5. The first-order chi connectivity index (χ1) is 24.3. The van der Waals surface area contributed by atoms with Gasteiger partial charge in [-0.15, -0.1) is 0 Å². The maximum absolute atomic E-state index is 13.0. The molecule has 3 heterocycles. The van der Waals surface area contributed by atoms with Crippen molar-refractivity contribution in [2.24, 2.45) is 0 Å². The second kappa shape index (κ2) is 17.9. The molecule has 0 radical (unpaired) electrons. The average molecular weight is 700 g/mol. The van der Waals surface area contributed by atoms with E-state index in [-0.39, 0.29) is 18.3 Å². The van der Waals surface area contributed by atoms with Gasteiger partial charge >= 0.3 is 0 Å². The Kier molecular flexibility index (Phi) is 12.9. The fourth-order valence-corrected chi connectivity index (χ4v) is 5.11. The molecule has 14 heteroatoms. The molecule has 1 saturated heterocycles. The van der Waals surface area contributed by atoms with Crippen LogP contribution in [-0.2, 0) is 25.7 Å². The van der Waals surface area contributed by atoms with Crippen LogP contribution >= 0.6 is 11.6 Å². The minimum Gasteiger partial charge on any atom is -0.486 e. The van der Waals surface area contributed by atoms with E-state index in [9.17, 15) is 14.9 Å². The number of carbonyl (C=O) groups excluding carboxylic acids is 2. The quantitative estimate of drug-likeness (QED) is 0.109. The smallest absolute Gasteiger partial charge is 0.248 e. The van der Waals surface area contributed by atoms with Crippen molar-refractivity contribution >= 4 is 51.4 Å². The van der Waals surface area contributed by atoms with E-state index < -0.39 is 11.8 Å². The molecule has 0 saturated carbocycles. The number of ether oxygens (including phenoxy) is 4. The Morgan fingerprint density at radius 1 is 1.10 bits per heavy atom. The SMILES string of the molecule is CN(C)CCOCCNC(=O)C=CC(=O)Nc1cc2c(Nc3ccc(OCc4ccccn4)c(Cl)c3)c(C#N)cnc2cc1OC1CCOC1. The van der Waals surface area contributed by atoms with Crippen molar-refractivity contribution in [1.29, 1.82) is 5.26 Å². The number of carbonyl (C=O) groups is 2. The highest BCUT2D eigenvalue weighted by Crippen LogP contribution is 2.38. The topological polar surface area (TPSA) is 160 Å². The van der Waals surface area contributed by atoms with Gasteiger partial charge in [-0.3, -0.25) is 19.6 Å². The van der Waals surface area contributed by atoms with Gasteiger partial charge in [0.25, 0.3) is 0 Å². The molecule has 260 valence electrons. The van der Waals surface area contributed by atoms with Gasteiger partial charge in [0, 0.05) is 61.2 Å². The zero-order valence-corrected chi connectivity index (χ0v) is 28.5. The monoisotopic (exact) mass is 699 g/mol. The van der Waals surface area contributed by atoms with Crippen LogP contribution in [0.25, 0.3) is 10.9 Å². The molecule has 4 aromatic rings. The lowest BCUT2D eigenvalue weighted by Gasteiger charge is -2.18. The lowest BCUT2D eigenvalue weighted by atomic mass is 10.1. The third-order valence-corrected chi connectivity index (χ3v) is 7.74. The Morgan fingerprint density at radius 2 is 1.96 bits per heavy atom. The molecule has 3 N–H and O–H groups in total. The number of nitrogens with one attached hydrogen (secondary N) is 3. The molecule has 5 rings (SSSR count). The first kappa shape index (κ1) is 36.0. The molecule has 2 aromatic heterocycles. The molecule has 0 aliphatic carbocycles. The third-order valence-electron chi connectivity index (χ3n) is 7.45. The lowest BCUT2D eigenvalue weighted by molar-refractivity contribution is -0.117. The molecule has 0 spiro atoms. The van der Waals surface area contributed by atoms with E-state index in [0.717, 1.165) is 24.4 Å². The van der Waals surface area contributed by atoms with Crippen molar-refractivity contribution in [3.63, 3.8) is 0 Å². The Hall–Kier alpha value is -5.26. The van der Waals surface area contributed by atoms with Crippen LogP contribution in [0.15, 0.2) is 73.1 Å². The number of amides is 2. The van der Waals surface area contributed by atoms with Gasteiger partial charge < -0.3 is 39.8 Å². The van der Waals surface area contributed by atoms with Gasteiger partial charge in [-0.05, 0) is 50.5 Å². The van der Waals surface area contributed by atoms with Crippen LogP contribution < -0.4 is 25.4 Å². The minimum absolute atomic E-state index is 0.221. The number of aromatic nitrogens is 2. The Labute approximate surface area is 295 Å². The van der Waals surface area contributed by atoms with Gasteiger partial charge in [0.05, 0.1) is 59.6 Å². The van der Waals surface area contributed by atoms with Crippen molar-refractivity contribution in [2.45, 2.75) is 19.1 Å². The molecule has 1 fully saturated rings. The maximum atomic E-state index is 13.0. The summed E-state index contributed by atoms with van der Waals surface area (Å²) < 4.78 is 23.0. The second-order valence-electron chi connectivity index (χ2n) is 11.5. The van der Waals surface area contributed by atoms with Crippen LogP contribution in [0.2, 0.25) is 5.02 Å². The molecule has 1 aliphatic heterocycles. The fourth-order valence-electron chi connectivity index (χ4n) is 4.88. The number of fused-ring (bicyclic) bond motifs is 1. The maximum Gasteiger partial charge on any atom is 0.248 e. The number of halogens is 1. The summed E-state index contributed by atoms with van der Waals surface area (Å²) in [6, 6.07) is 16.3.